The molecule has 1 aromatic carbocycles. The summed E-state index contributed by atoms with van der Waals surface area (Å²) in [5.41, 5.74) is 2.18. The zero-order chi connectivity index (χ0) is 22.9. The van der Waals surface area contributed by atoms with E-state index in [-0.39, 0.29) is 12.0 Å². The Balaban J connectivity index is 1.51. The van der Waals surface area contributed by atoms with E-state index in [9.17, 15) is 9.59 Å². The van der Waals surface area contributed by atoms with Gasteiger partial charge in [0.1, 0.15) is 11.4 Å². The lowest BCUT2D eigenvalue weighted by molar-refractivity contribution is -0.124. The predicted molar refractivity (Wildman–Crippen MR) is 124 cm³/mol. The summed E-state index contributed by atoms with van der Waals surface area (Å²) in [4.78, 5) is 34.4. The van der Waals surface area contributed by atoms with Crippen molar-refractivity contribution in [1.29, 1.82) is 0 Å². The fourth-order valence-corrected chi connectivity index (χ4v) is 4.48. The molecule has 3 heterocycles. The van der Waals surface area contributed by atoms with Gasteiger partial charge in [0.2, 0.25) is 5.91 Å². The van der Waals surface area contributed by atoms with Crippen molar-refractivity contribution < 1.29 is 14.3 Å². The number of anilines is 2. The highest BCUT2D eigenvalue weighted by atomic mass is 35.5. The summed E-state index contributed by atoms with van der Waals surface area (Å²) in [6.07, 6.45) is 2.56. The van der Waals surface area contributed by atoms with E-state index in [2.05, 4.69) is 33.6 Å². The van der Waals surface area contributed by atoms with E-state index in [1.807, 2.05) is 12.1 Å². The average Bonchev–Trinajstić information content (AvgIpc) is 3.13. The lowest BCUT2D eigenvalue weighted by atomic mass is 9.96. The normalized spacial score (nSPS) is 23.0. The van der Waals surface area contributed by atoms with Gasteiger partial charge in [-0.25, -0.2) is 9.78 Å². The van der Waals surface area contributed by atoms with Crippen LogP contribution in [0.3, 0.4) is 0 Å². The molecule has 0 spiro atoms. The first-order valence-electron chi connectivity index (χ1n) is 10.6. The van der Waals surface area contributed by atoms with Crippen LogP contribution in [0.2, 0.25) is 5.02 Å². The molecular formula is C23H28ClN5O3. The number of aromatic nitrogens is 1. The van der Waals surface area contributed by atoms with E-state index in [1.54, 1.807) is 26.2 Å². The van der Waals surface area contributed by atoms with Gasteiger partial charge in [0.25, 0.3) is 0 Å². The number of hydrogen-bond donors (Lipinski definition) is 2. The number of likely N-dealkylation sites (tertiary alicyclic amines) is 1. The number of likely N-dealkylation sites (N-methyl/N-ethyl adjacent to an activating group) is 1. The molecule has 1 saturated heterocycles. The van der Waals surface area contributed by atoms with Gasteiger partial charge in [-0.2, -0.15) is 0 Å². The second-order valence-electron chi connectivity index (χ2n) is 8.66. The van der Waals surface area contributed by atoms with Gasteiger partial charge in [-0.15, -0.1) is 0 Å². The highest BCUT2D eigenvalue weighted by Gasteiger charge is 2.50. The number of benzene rings is 1. The van der Waals surface area contributed by atoms with Crippen LogP contribution in [-0.2, 0) is 22.5 Å². The van der Waals surface area contributed by atoms with Crippen molar-refractivity contribution in [1.82, 2.24) is 14.8 Å². The minimum atomic E-state index is -1.08. The van der Waals surface area contributed by atoms with Crippen molar-refractivity contribution in [3.05, 3.63) is 52.7 Å². The molecular weight excluding hydrogens is 430 g/mol. The number of nitrogens with one attached hydrogen (secondary N) is 2. The molecule has 2 N–H and O–H groups in total. The Morgan fingerprint density at radius 3 is 2.75 bits per heavy atom. The molecule has 0 unspecified atom stereocenters. The molecule has 32 heavy (non-hydrogen) atoms. The fraction of sp³-hybridized carbons (Fsp3) is 0.435. The van der Waals surface area contributed by atoms with Gasteiger partial charge in [-0.1, -0.05) is 17.7 Å². The number of pyridine rings is 1. The summed E-state index contributed by atoms with van der Waals surface area (Å²) in [5.74, 6) is 0.117. The highest BCUT2D eigenvalue weighted by molar-refractivity contribution is 6.30. The van der Waals surface area contributed by atoms with Crippen molar-refractivity contribution in [3.63, 3.8) is 0 Å². The number of carbonyl (C=O) groups is 2. The first-order valence-corrected chi connectivity index (χ1v) is 11.0. The summed E-state index contributed by atoms with van der Waals surface area (Å²) in [7, 11) is 3.69. The lowest BCUT2D eigenvalue weighted by Gasteiger charge is -2.33. The quantitative estimate of drug-likeness (QED) is 0.735. The van der Waals surface area contributed by atoms with Crippen molar-refractivity contribution in [2.45, 2.75) is 38.0 Å². The molecule has 2 aliphatic heterocycles. The van der Waals surface area contributed by atoms with Crippen molar-refractivity contribution in [2.75, 3.05) is 37.9 Å². The molecule has 1 aromatic heterocycles. The molecule has 0 bridgehead atoms. The topological polar surface area (TPSA) is 86.8 Å². The molecule has 2 aromatic rings. The lowest BCUT2D eigenvalue weighted by Crippen LogP contribution is -2.54. The van der Waals surface area contributed by atoms with Crippen LogP contribution in [0.25, 0.3) is 0 Å². The first-order chi connectivity index (χ1) is 15.3. The fourth-order valence-electron chi connectivity index (χ4n) is 4.37. The van der Waals surface area contributed by atoms with Gasteiger partial charge in [0, 0.05) is 45.0 Å². The number of urea groups is 1. The monoisotopic (exact) mass is 457 g/mol. The standard InChI is InChI=1S/C23H28ClN5O3/c1-23(21(30)26-18-6-4-16-13-28(2)9-8-15(16)10-18)11-19(32-3)14-29(23)22(31)27-20-7-5-17(24)12-25-20/h4-7,10,12,19H,8-9,11,13-14H2,1-3H3,(H,26,30)(H,25,27,31)/t19-,23-/m1/s1. The van der Waals surface area contributed by atoms with Gasteiger partial charge in [-0.3, -0.25) is 10.1 Å². The summed E-state index contributed by atoms with van der Waals surface area (Å²) in [6.45, 7) is 3.97. The van der Waals surface area contributed by atoms with Crippen LogP contribution in [0, 0.1) is 0 Å². The van der Waals surface area contributed by atoms with Crippen LogP contribution in [0.4, 0.5) is 16.3 Å². The number of carbonyl (C=O) groups excluding carboxylic acids is 2. The molecule has 1 fully saturated rings. The van der Waals surface area contributed by atoms with Gasteiger partial charge in [0.05, 0.1) is 11.1 Å². The Morgan fingerprint density at radius 1 is 1.22 bits per heavy atom. The number of nitrogens with zero attached hydrogens (tertiary/aromatic N) is 3. The molecule has 0 aliphatic carbocycles. The molecule has 0 radical (unpaired) electrons. The van der Waals surface area contributed by atoms with E-state index in [1.165, 1.54) is 22.2 Å². The largest absolute Gasteiger partial charge is 0.380 e. The van der Waals surface area contributed by atoms with E-state index < -0.39 is 11.6 Å². The van der Waals surface area contributed by atoms with Gasteiger partial charge in [0.15, 0.2) is 0 Å². The van der Waals surface area contributed by atoms with Crippen LogP contribution in [-0.4, -0.2) is 65.6 Å². The molecule has 8 nitrogen and oxygen atoms in total. The zero-order valence-electron chi connectivity index (χ0n) is 18.5. The number of halogens is 1. The Kier molecular flexibility index (Phi) is 6.37. The molecule has 4 rings (SSSR count). The Hall–Kier alpha value is -2.68. The van der Waals surface area contributed by atoms with Crippen molar-refractivity contribution in [2.24, 2.45) is 0 Å². The van der Waals surface area contributed by atoms with Crippen LogP contribution >= 0.6 is 11.6 Å². The average molecular weight is 458 g/mol. The van der Waals surface area contributed by atoms with Crippen LogP contribution in [0.15, 0.2) is 36.5 Å². The third kappa shape index (κ3) is 4.57. The summed E-state index contributed by atoms with van der Waals surface area (Å²) < 4.78 is 5.50. The van der Waals surface area contributed by atoms with Crippen molar-refractivity contribution >= 4 is 35.0 Å². The van der Waals surface area contributed by atoms with Gasteiger partial charge >= 0.3 is 6.03 Å². The first kappa shape index (κ1) is 22.5. The van der Waals surface area contributed by atoms with E-state index in [0.717, 1.165) is 25.2 Å². The minimum Gasteiger partial charge on any atom is -0.380 e. The highest BCUT2D eigenvalue weighted by Crippen LogP contribution is 2.33. The molecule has 9 heteroatoms. The van der Waals surface area contributed by atoms with Crippen LogP contribution in [0.5, 0.6) is 0 Å². The molecule has 3 amide bonds. The number of rotatable bonds is 4. The third-order valence-electron chi connectivity index (χ3n) is 6.30. The summed E-state index contributed by atoms with van der Waals surface area (Å²) >= 11 is 5.87. The number of ether oxygens (including phenoxy) is 1. The number of methoxy groups -OCH3 is 1. The SMILES string of the molecule is CO[C@H]1CN(C(=O)Nc2ccc(Cl)cn2)[C@@](C)(C(=O)Nc2ccc3c(c2)CCN(C)C3)C1. The Bertz CT molecular complexity index is 1020. The van der Waals surface area contributed by atoms with Crippen molar-refractivity contribution in [3.8, 4) is 0 Å². The van der Waals surface area contributed by atoms with E-state index in [0.29, 0.717) is 23.8 Å². The minimum absolute atomic E-state index is 0.242. The maximum Gasteiger partial charge on any atom is 0.323 e. The van der Waals surface area contributed by atoms with Gasteiger partial charge < -0.3 is 19.9 Å². The number of amides is 3. The predicted octanol–water partition coefficient (Wildman–Crippen LogP) is 3.37. The smallest absolute Gasteiger partial charge is 0.323 e. The van der Waals surface area contributed by atoms with Crippen LogP contribution in [0.1, 0.15) is 24.5 Å². The molecule has 170 valence electrons. The van der Waals surface area contributed by atoms with E-state index >= 15 is 0 Å². The second-order valence-corrected chi connectivity index (χ2v) is 9.10. The maximum atomic E-state index is 13.4. The van der Waals surface area contributed by atoms with Gasteiger partial charge in [-0.05, 0) is 55.8 Å². The second kappa shape index (κ2) is 9.05. The maximum absolute atomic E-state index is 13.4. The summed E-state index contributed by atoms with van der Waals surface area (Å²) in [6, 6.07) is 8.87. The van der Waals surface area contributed by atoms with Crippen LogP contribution < -0.4 is 10.6 Å². The molecule has 2 aliphatic rings. The Morgan fingerprint density at radius 2 is 2.03 bits per heavy atom. The third-order valence-corrected chi connectivity index (χ3v) is 6.53. The molecule has 2 atom stereocenters. The summed E-state index contributed by atoms with van der Waals surface area (Å²) in [5, 5.41) is 6.25. The zero-order valence-corrected chi connectivity index (χ0v) is 19.3. The Labute approximate surface area is 192 Å². The molecule has 0 saturated carbocycles. The van der Waals surface area contributed by atoms with E-state index in [4.69, 9.17) is 16.3 Å². The number of fused-ring (bicyclic) bond motifs is 1. The number of hydrogen-bond acceptors (Lipinski definition) is 5.